The standard InChI is InChI=1S/C14H17FO3/c1-18-12-8-9(6-7-13(16)17)14(15)11-5-3-2-4-10(11)12/h8H,2-7H2,1H3,(H,16,17). The molecule has 0 aromatic heterocycles. The fraction of sp³-hybridized carbons (Fsp3) is 0.500. The normalized spacial score (nSPS) is 14.1. The number of carbonyl (C=O) groups is 1. The molecule has 4 heteroatoms. The van der Waals surface area contributed by atoms with Crippen LogP contribution < -0.4 is 4.74 Å². The van der Waals surface area contributed by atoms with Crippen molar-refractivity contribution in [1.29, 1.82) is 0 Å². The summed E-state index contributed by atoms with van der Waals surface area (Å²) in [7, 11) is 1.57. The van der Waals surface area contributed by atoms with Crippen molar-refractivity contribution >= 4 is 5.97 Å². The third kappa shape index (κ3) is 2.47. The molecule has 98 valence electrons. The molecule has 2 rings (SSSR count). The third-order valence-electron chi connectivity index (χ3n) is 3.45. The largest absolute Gasteiger partial charge is 0.496 e. The fourth-order valence-corrected chi connectivity index (χ4v) is 2.53. The fourth-order valence-electron chi connectivity index (χ4n) is 2.53. The number of aliphatic carboxylic acids is 1. The summed E-state index contributed by atoms with van der Waals surface area (Å²) in [6, 6.07) is 1.66. The molecule has 0 radical (unpaired) electrons. The zero-order valence-electron chi connectivity index (χ0n) is 10.5. The number of fused-ring (bicyclic) bond motifs is 1. The molecule has 18 heavy (non-hydrogen) atoms. The molecule has 1 aromatic carbocycles. The van der Waals surface area contributed by atoms with Crippen LogP contribution in [0.5, 0.6) is 5.75 Å². The smallest absolute Gasteiger partial charge is 0.303 e. The SMILES string of the molecule is COc1cc(CCC(=O)O)c(F)c2c1CCCC2. The first kappa shape index (κ1) is 12.9. The molecule has 0 amide bonds. The molecule has 1 aromatic rings. The first-order chi connectivity index (χ1) is 8.63. The van der Waals surface area contributed by atoms with Crippen molar-refractivity contribution in [3.05, 3.63) is 28.6 Å². The number of methoxy groups -OCH3 is 1. The van der Waals surface area contributed by atoms with Crippen molar-refractivity contribution in [3.8, 4) is 5.75 Å². The van der Waals surface area contributed by atoms with Crippen molar-refractivity contribution in [2.75, 3.05) is 7.11 Å². The maximum atomic E-state index is 14.3. The Morgan fingerprint density at radius 3 is 2.67 bits per heavy atom. The monoisotopic (exact) mass is 252 g/mol. The van der Waals surface area contributed by atoms with Gasteiger partial charge in [0.25, 0.3) is 0 Å². The van der Waals surface area contributed by atoms with E-state index in [9.17, 15) is 9.18 Å². The number of rotatable bonds is 4. The van der Waals surface area contributed by atoms with Crippen molar-refractivity contribution in [2.45, 2.75) is 38.5 Å². The Morgan fingerprint density at radius 1 is 1.39 bits per heavy atom. The summed E-state index contributed by atoms with van der Waals surface area (Å²) in [5.74, 6) is -0.440. The molecule has 0 atom stereocenters. The Bertz CT molecular complexity index is 469. The van der Waals surface area contributed by atoms with Crippen LogP contribution >= 0.6 is 0 Å². The molecular formula is C14H17FO3. The first-order valence-electron chi connectivity index (χ1n) is 6.22. The van der Waals surface area contributed by atoms with Gasteiger partial charge in [-0.2, -0.15) is 0 Å². The van der Waals surface area contributed by atoms with E-state index in [1.807, 2.05) is 0 Å². The number of halogens is 1. The molecule has 0 spiro atoms. The summed E-state index contributed by atoms with van der Waals surface area (Å²) in [5, 5.41) is 8.68. The van der Waals surface area contributed by atoms with E-state index in [4.69, 9.17) is 9.84 Å². The molecule has 0 saturated heterocycles. The Kier molecular flexibility index (Phi) is 3.84. The molecule has 0 aliphatic heterocycles. The average Bonchev–Trinajstić information content (AvgIpc) is 2.38. The quantitative estimate of drug-likeness (QED) is 0.896. The molecular weight excluding hydrogens is 235 g/mol. The lowest BCUT2D eigenvalue weighted by Gasteiger charge is -2.21. The van der Waals surface area contributed by atoms with Crippen LogP contribution in [0.15, 0.2) is 6.07 Å². The van der Waals surface area contributed by atoms with E-state index in [-0.39, 0.29) is 18.7 Å². The van der Waals surface area contributed by atoms with E-state index in [1.54, 1.807) is 13.2 Å². The lowest BCUT2D eigenvalue weighted by atomic mass is 9.88. The van der Waals surface area contributed by atoms with E-state index in [2.05, 4.69) is 0 Å². The molecule has 0 saturated carbocycles. The van der Waals surface area contributed by atoms with Gasteiger partial charge in [0, 0.05) is 12.0 Å². The molecule has 1 aliphatic rings. The minimum Gasteiger partial charge on any atom is -0.496 e. The Balaban J connectivity index is 2.38. The van der Waals surface area contributed by atoms with Crippen LogP contribution in [-0.2, 0) is 24.1 Å². The second-order valence-electron chi connectivity index (χ2n) is 4.61. The van der Waals surface area contributed by atoms with Crippen molar-refractivity contribution in [1.82, 2.24) is 0 Å². The molecule has 1 N–H and O–H groups in total. The summed E-state index contributed by atoms with van der Waals surface area (Å²) in [6.07, 6.45) is 3.75. The second-order valence-corrected chi connectivity index (χ2v) is 4.61. The zero-order valence-corrected chi connectivity index (χ0v) is 10.5. The van der Waals surface area contributed by atoms with Gasteiger partial charge in [0.1, 0.15) is 11.6 Å². The van der Waals surface area contributed by atoms with Gasteiger partial charge >= 0.3 is 5.97 Å². The predicted molar refractivity (Wildman–Crippen MR) is 65.6 cm³/mol. The van der Waals surface area contributed by atoms with E-state index < -0.39 is 5.97 Å². The number of carboxylic acids is 1. The van der Waals surface area contributed by atoms with Gasteiger partial charge in [-0.15, -0.1) is 0 Å². The van der Waals surface area contributed by atoms with Crippen LogP contribution in [0.4, 0.5) is 4.39 Å². The maximum Gasteiger partial charge on any atom is 0.303 e. The molecule has 1 aliphatic carbocycles. The predicted octanol–water partition coefficient (Wildman–Crippen LogP) is 2.73. The summed E-state index contributed by atoms with van der Waals surface area (Å²) >= 11 is 0. The highest BCUT2D eigenvalue weighted by molar-refractivity contribution is 5.67. The summed E-state index contributed by atoms with van der Waals surface area (Å²) in [4.78, 5) is 10.6. The van der Waals surface area contributed by atoms with Gasteiger partial charge in [-0.05, 0) is 49.3 Å². The number of ether oxygens (including phenoxy) is 1. The van der Waals surface area contributed by atoms with Crippen molar-refractivity contribution in [2.24, 2.45) is 0 Å². The molecule has 0 unspecified atom stereocenters. The van der Waals surface area contributed by atoms with E-state index >= 15 is 0 Å². The van der Waals surface area contributed by atoms with Crippen LogP contribution in [0.1, 0.15) is 36.0 Å². The van der Waals surface area contributed by atoms with Gasteiger partial charge in [-0.3, -0.25) is 4.79 Å². The van der Waals surface area contributed by atoms with Crippen molar-refractivity contribution < 1.29 is 19.0 Å². The van der Waals surface area contributed by atoms with Gasteiger partial charge in [-0.1, -0.05) is 0 Å². The number of benzene rings is 1. The van der Waals surface area contributed by atoms with Gasteiger partial charge in [0.05, 0.1) is 7.11 Å². The first-order valence-corrected chi connectivity index (χ1v) is 6.22. The zero-order chi connectivity index (χ0) is 13.1. The second kappa shape index (κ2) is 5.38. The highest BCUT2D eigenvalue weighted by Gasteiger charge is 2.21. The molecule has 3 nitrogen and oxygen atoms in total. The van der Waals surface area contributed by atoms with Crippen molar-refractivity contribution in [3.63, 3.8) is 0 Å². The van der Waals surface area contributed by atoms with Crippen LogP contribution in [0, 0.1) is 5.82 Å². The summed E-state index contributed by atoms with van der Waals surface area (Å²) in [5.41, 5.74) is 2.14. The number of aryl methyl sites for hydroxylation is 1. The highest BCUT2D eigenvalue weighted by atomic mass is 19.1. The minimum absolute atomic E-state index is 0.0567. The maximum absolute atomic E-state index is 14.3. The van der Waals surface area contributed by atoms with Gasteiger partial charge in [-0.25, -0.2) is 4.39 Å². The van der Waals surface area contributed by atoms with E-state index in [1.165, 1.54) is 0 Å². The number of hydrogen-bond acceptors (Lipinski definition) is 2. The molecule has 0 fully saturated rings. The van der Waals surface area contributed by atoms with Gasteiger partial charge in [0.2, 0.25) is 0 Å². The topological polar surface area (TPSA) is 46.5 Å². The highest BCUT2D eigenvalue weighted by Crippen LogP contribution is 2.34. The Hall–Kier alpha value is -1.58. The molecule has 0 bridgehead atoms. The summed E-state index contributed by atoms with van der Waals surface area (Å²) in [6.45, 7) is 0. The Labute approximate surface area is 106 Å². The van der Waals surface area contributed by atoms with Crippen LogP contribution in [0.3, 0.4) is 0 Å². The molecule has 0 heterocycles. The number of hydrogen-bond donors (Lipinski definition) is 1. The van der Waals surface area contributed by atoms with Crippen LogP contribution in [-0.4, -0.2) is 18.2 Å². The van der Waals surface area contributed by atoms with E-state index in [0.717, 1.165) is 36.8 Å². The summed E-state index contributed by atoms with van der Waals surface area (Å²) < 4.78 is 19.6. The van der Waals surface area contributed by atoms with Gasteiger partial charge < -0.3 is 9.84 Å². The van der Waals surface area contributed by atoms with E-state index in [0.29, 0.717) is 11.3 Å². The van der Waals surface area contributed by atoms with Crippen LogP contribution in [0.2, 0.25) is 0 Å². The lowest BCUT2D eigenvalue weighted by Crippen LogP contribution is -2.11. The lowest BCUT2D eigenvalue weighted by molar-refractivity contribution is -0.136. The van der Waals surface area contributed by atoms with Crippen LogP contribution in [0.25, 0.3) is 0 Å². The number of carboxylic acid groups (broad SMARTS) is 1. The van der Waals surface area contributed by atoms with Gasteiger partial charge in [0.15, 0.2) is 0 Å². The average molecular weight is 252 g/mol. The third-order valence-corrected chi connectivity index (χ3v) is 3.45. The minimum atomic E-state index is -0.911. The Morgan fingerprint density at radius 2 is 2.06 bits per heavy atom.